The monoisotopic (exact) mass is 226 g/mol. The molecular formula is C10H14N2O2S. The fourth-order valence-electron chi connectivity index (χ4n) is 1.83. The minimum Gasteiger partial charge on any atom is -0.477 e. The SMILES string of the molecule is O=C(O)c1cc(CN2CCCCC2)ns1. The number of hydrogen-bond acceptors (Lipinski definition) is 4. The number of hydrogen-bond donors (Lipinski definition) is 1. The summed E-state index contributed by atoms with van der Waals surface area (Å²) in [6.45, 7) is 3.02. The molecule has 0 aromatic carbocycles. The molecule has 1 saturated heterocycles. The Hall–Kier alpha value is -0.940. The molecule has 0 saturated carbocycles. The molecule has 0 unspecified atom stereocenters. The van der Waals surface area contributed by atoms with E-state index in [1.165, 1.54) is 19.3 Å². The van der Waals surface area contributed by atoms with Gasteiger partial charge in [0, 0.05) is 6.54 Å². The summed E-state index contributed by atoms with van der Waals surface area (Å²) in [7, 11) is 0. The van der Waals surface area contributed by atoms with Gasteiger partial charge in [-0.1, -0.05) is 6.42 Å². The highest BCUT2D eigenvalue weighted by molar-refractivity contribution is 7.08. The second kappa shape index (κ2) is 4.72. The van der Waals surface area contributed by atoms with Gasteiger partial charge < -0.3 is 5.11 Å². The van der Waals surface area contributed by atoms with E-state index >= 15 is 0 Å². The average molecular weight is 226 g/mol. The molecule has 1 N–H and O–H groups in total. The largest absolute Gasteiger partial charge is 0.477 e. The smallest absolute Gasteiger partial charge is 0.347 e. The van der Waals surface area contributed by atoms with E-state index in [1.54, 1.807) is 6.07 Å². The van der Waals surface area contributed by atoms with Crippen LogP contribution in [0.1, 0.15) is 34.6 Å². The maximum atomic E-state index is 10.7. The lowest BCUT2D eigenvalue weighted by Gasteiger charge is -2.25. The van der Waals surface area contributed by atoms with Crippen LogP contribution in [0.3, 0.4) is 0 Å². The summed E-state index contributed by atoms with van der Waals surface area (Å²) in [4.78, 5) is 13.3. The summed E-state index contributed by atoms with van der Waals surface area (Å²) in [5.74, 6) is -0.877. The second-order valence-electron chi connectivity index (χ2n) is 3.82. The van der Waals surface area contributed by atoms with Crippen LogP contribution in [0, 0.1) is 0 Å². The zero-order valence-corrected chi connectivity index (χ0v) is 9.29. The Labute approximate surface area is 92.7 Å². The molecule has 1 aromatic rings. The molecule has 0 aliphatic carbocycles. The van der Waals surface area contributed by atoms with E-state index < -0.39 is 5.97 Å². The first-order chi connectivity index (χ1) is 7.25. The Bertz CT molecular complexity index is 345. The van der Waals surface area contributed by atoms with E-state index in [9.17, 15) is 4.79 Å². The van der Waals surface area contributed by atoms with E-state index in [4.69, 9.17) is 5.11 Å². The standard InChI is InChI=1S/C10H14N2O2S/c13-10(14)9-6-8(11-15-9)7-12-4-2-1-3-5-12/h6H,1-5,7H2,(H,13,14). The number of aromatic nitrogens is 1. The van der Waals surface area contributed by atoms with E-state index in [0.29, 0.717) is 4.88 Å². The number of likely N-dealkylation sites (tertiary alicyclic amines) is 1. The lowest BCUT2D eigenvalue weighted by Crippen LogP contribution is -2.29. The predicted octanol–water partition coefficient (Wildman–Crippen LogP) is 1.83. The molecule has 0 spiro atoms. The molecule has 0 radical (unpaired) electrons. The van der Waals surface area contributed by atoms with Gasteiger partial charge in [-0.05, 0) is 43.5 Å². The third kappa shape index (κ3) is 2.76. The van der Waals surface area contributed by atoms with Crippen molar-refractivity contribution in [3.63, 3.8) is 0 Å². The van der Waals surface area contributed by atoms with Crippen molar-refractivity contribution in [2.24, 2.45) is 0 Å². The van der Waals surface area contributed by atoms with Crippen molar-refractivity contribution in [1.82, 2.24) is 9.27 Å². The topological polar surface area (TPSA) is 53.4 Å². The molecule has 2 heterocycles. The van der Waals surface area contributed by atoms with Crippen LogP contribution in [-0.2, 0) is 6.54 Å². The molecule has 2 rings (SSSR count). The van der Waals surface area contributed by atoms with Gasteiger partial charge in [-0.25, -0.2) is 4.79 Å². The van der Waals surface area contributed by atoms with Crippen LogP contribution in [0.15, 0.2) is 6.07 Å². The molecule has 0 atom stereocenters. The predicted molar refractivity (Wildman–Crippen MR) is 58.2 cm³/mol. The molecule has 1 aromatic heterocycles. The summed E-state index contributed by atoms with van der Waals surface area (Å²) in [6.07, 6.45) is 3.81. The molecular weight excluding hydrogens is 212 g/mol. The van der Waals surface area contributed by atoms with Crippen molar-refractivity contribution >= 4 is 17.5 Å². The maximum Gasteiger partial charge on any atom is 0.347 e. The Morgan fingerprint density at radius 2 is 2.20 bits per heavy atom. The third-order valence-corrected chi connectivity index (χ3v) is 3.42. The number of aromatic carboxylic acids is 1. The van der Waals surface area contributed by atoms with Crippen LogP contribution < -0.4 is 0 Å². The van der Waals surface area contributed by atoms with Gasteiger partial charge in [0.25, 0.3) is 0 Å². The summed E-state index contributed by atoms with van der Waals surface area (Å²) in [5.41, 5.74) is 0.888. The van der Waals surface area contributed by atoms with Gasteiger partial charge in [-0.15, -0.1) is 0 Å². The summed E-state index contributed by atoms with van der Waals surface area (Å²) < 4.78 is 4.15. The Morgan fingerprint density at radius 3 is 2.80 bits per heavy atom. The van der Waals surface area contributed by atoms with E-state index in [2.05, 4.69) is 9.27 Å². The normalized spacial score (nSPS) is 17.9. The fourth-order valence-corrected chi connectivity index (χ4v) is 2.43. The van der Waals surface area contributed by atoms with E-state index in [-0.39, 0.29) is 0 Å². The fraction of sp³-hybridized carbons (Fsp3) is 0.600. The van der Waals surface area contributed by atoms with Gasteiger partial charge in [0.05, 0.1) is 5.69 Å². The Balaban J connectivity index is 1.94. The maximum absolute atomic E-state index is 10.7. The van der Waals surface area contributed by atoms with Gasteiger partial charge >= 0.3 is 5.97 Å². The second-order valence-corrected chi connectivity index (χ2v) is 4.63. The molecule has 5 heteroatoms. The van der Waals surface area contributed by atoms with Crippen LogP contribution in [0.5, 0.6) is 0 Å². The summed E-state index contributed by atoms with van der Waals surface area (Å²) >= 11 is 1.07. The molecule has 1 aliphatic rings. The molecule has 4 nitrogen and oxygen atoms in total. The third-order valence-electron chi connectivity index (χ3n) is 2.60. The highest BCUT2D eigenvalue weighted by atomic mass is 32.1. The van der Waals surface area contributed by atoms with Gasteiger partial charge in [0.15, 0.2) is 0 Å². The first-order valence-corrected chi connectivity index (χ1v) is 5.94. The van der Waals surface area contributed by atoms with Crippen LogP contribution >= 0.6 is 11.5 Å². The van der Waals surface area contributed by atoms with Crippen LogP contribution in [0.4, 0.5) is 0 Å². The number of piperidine rings is 1. The van der Waals surface area contributed by atoms with Crippen molar-refractivity contribution in [2.45, 2.75) is 25.8 Å². The zero-order chi connectivity index (χ0) is 10.7. The molecule has 1 aliphatic heterocycles. The van der Waals surface area contributed by atoms with Crippen LogP contribution in [0.25, 0.3) is 0 Å². The van der Waals surface area contributed by atoms with Crippen molar-refractivity contribution in [1.29, 1.82) is 0 Å². The average Bonchev–Trinajstić information content (AvgIpc) is 2.68. The van der Waals surface area contributed by atoms with Crippen LogP contribution in [0.2, 0.25) is 0 Å². The van der Waals surface area contributed by atoms with Crippen molar-refractivity contribution in [2.75, 3.05) is 13.1 Å². The molecule has 0 amide bonds. The van der Waals surface area contributed by atoms with Gasteiger partial charge in [-0.2, -0.15) is 4.37 Å². The van der Waals surface area contributed by atoms with Crippen LogP contribution in [-0.4, -0.2) is 33.4 Å². The Morgan fingerprint density at radius 1 is 1.47 bits per heavy atom. The number of rotatable bonds is 3. The molecule has 15 heavy (non-hydrogen) atoms. The van der Waals surface area contributed by atoms with E-state index in [1.807, 2.05) is 0 Å². The van der Waals surface area contributed by atoms with Gasteiger partial charge in [0.1, 0.15) is 4.88 Å². The zero-order valence-electron chi connectivity index (χ0n) is 8.48. The minimum atomic E-state index is -0.877. The summed E-state index contributed by atoms with van der Waals surface area (Å²) in [5, 5.41) is 8.76. The first-order valence-electron chi connectivity index (χ1n) is 5.17. The van der Waals surface area contributed by atoms with Crippen molar-refractivity contribution < 1.29 is 9.90 Å². The Kier molecular flexibility index (Phi) is 3.33. The molecule has 0 bridgehead atoms. The number of carboxylic acids is 1. The quantitative estimate of drug-likeness (QED) is 0.854. The molecule has 1 fully saturated rings. The van der Waals surface area contributed by atoms with Crippen molar-refractivity contribution in [3.8, 4) is 0 Å². The molecule has 82 valence electrons. The van der Waals surface area contributed by atoms with E-state index in [0.717, 1.165) is 36.9 Å². The highest BCUT2D eigenvalue weighted by Crippen LogP contribution is 2.15. The van der Waals surface area contributed by atoms with Gasteiger partial charge in [-0.3, -0.25) is 4.90 Å². The lowest BCUT2D eigenvalue weighted by atomic mass is 10.1. The van der Waals surface area contributed by atoms with Crippen molar-refractivity contribution in [3.05, 3.63) is 16.6 Å². The number of carbonyl (C=O) groups is 1. The number of carboxylic acid groups (broad SMARTS) is 1. The van der Waals surface area contributed by atoms with Gasteiger partial charge in [0.2, 0.25) is 0 Å². The first kappa shape index (κ1) is 10.6. The highest BCUT2D eigenvalue weighted by Gasteiger charge is 2.14. The number of nitrogens with zero attached hydrogens (tertiary/aromatic N) is 2. The lowest BCUT2D eigenvalue weighted by molar-refractivity contribution is 0.0702. The minimum absolute atomic E-state index is 0.335. The summed E-state index contributed by atoms with van der Waals surface area (Å²) in [6, 6.07) is 1.68.